The van der Waals surface area contributed by atoms with E-state index in [0.717, 1.165) is 25.7 Å². The molecule has 0 saturated heterocycles. The van der Waals surface area contributed by atoms with Gasteiger partial charge < -0.3 is 15.5 Å². The van der Waals surface area contributed by atoms with Crippen LogP contribution >= 0.6 is 0 Å². The van der Waals surface area contributed by atoms with Gasteiger partial charge in [-0.15, -0.1) is 0 Å². The van der Waals surface area contributed by atoms with Crippen molar-refractivity contribution < 1.29 is 15.0 Å². The van der Waals surface area contributed by atoms with Gasteiger partial charge in [0.2, 0.25) is 5.91 Å². The standard InChI is InChI=1S/C44H87NO3/c1-3-5-7-9-11-12-13-14-15-16-17-18-19-20-21-22-23-24-25-26-27-28-29-30-31-32-34-36-38-40-44(48)45-42(41-46)43(47)39-37-35-33-10-8-6-4-2/h16-17,42-43,46-47H,3-15,18-41H2,1-2H3,(H,45,48)/b17-16-. The number of hydrogen-bond acceptors (Lipinski definition) is 3. The highest BCUT2D eigenvalue weighted by molar-refractivity contribution is 5.76. The van der Waals surface area contributed by atoms with E-state index < -0.39 is 12.1 Å². The molecule has 286 valence electrons. The molecule has 0 aromatic heterocycles. The van der Waals surface area contributed by atoms with Gasteiger partial charge in [-0.1, -0.05) is 212 Å². The molecule has 0 aromatic carbocycles. The van der Waals surface area contributed by atoms with Crippen molar-refractivity contribution in [1.29, 1.82) is 0 Å². The Morgan fingerprint density at radius 1 is 0.479 bits per heavy atom. The van der Waals surface area contributed by atoms with E-state index in [-0.39, 0.29) is 12.5 Å². The van der Waals surface area contributed by atoms with Crippen LogP contribution in [-0.2, 0) is 4.79 Å². The van der Waals surface area contributed by atoms with E-state index in [0.29, 0.717) is 12.8 Å². The van der Waals surface area contributed by atoms with Crippen molar-refractivity contribution in [3.63, 3.8) is 0 Å². The van der Waals surface area contributed by atoms with Crippen LogP contribution in [0.15, 0.2) is 12.2 Å². The van der Waals surface area contributed by atoms with Gasteiger partial charge in [-0.25, -0.2) is 0 Å². The molecule has 0 spiro atoms. The molecule has 0 aliphatic heterocycles. The number of unbranched alkanes of at least 4 members (excludes halogenated alkanes) is 31. The molecule has 4 heteroatoms. The largest absolute Gasteiger partial charge is 0.394 e. The zero-order valence-electron chi connectivity index (χ0n) is 32.8. The molecule has 0 fully saturated rings. The average molecular weight is 678 g/mol. The molecule has 3 N–H and O–H groups in total. The molecule has 2 atom stereocenters. The van der Waals surface area contributed by atoms with Crippen LogP contribution in [0.4, 0.5) is 0 Å². The third-order valence-corrected chi connectivity index (χ3v) is 10.3. The highest BCUT2D eigenvalue weighted by Crippen LogP contribution is 2.16. The molecule has 4 nitrogen and oxygen atoms in total. The fraction of sp³-hybridized carbons (Fsp3) is 0.932. The van der Waals surface area contributed by atoms with Crippen molar-refractivity contribution in [2.45, 2.75) is 257 Å². The maximum Gasteiger partial charge on any atom is 0.220 e. The summed E-state index contributed by atoms with van der Waals surface area (Å²) < 4.78 is 0. The molecule has 0 aromatic rings. The third-order valence-electron chi connectivity index (χ3n) is 10.3. The van der Waals surface area contributed by atoms with Crippen LogP contribution in [0.3, 0.4) is 0 Å². The minimum absolute atomic E-state index is 0.0321. The summed E-state index contributed by atoms with van der Waals surface area (Å²) in [7, 11) is 0. The predicted octanol–water partition coefficient (Wildman–Crippen LogP) is 13.5. The zero-order valence-corrected chi connectivity index (χ0v) is 32.8. The van der Waals surface area contributed by atoms with Gasteiger partial charge >= 0.3 is 0 Å². The van der Waals surface area contributed by atoms with Crippen LogP contribution in [0.25, 0.3) is 0 Å². The molecule has 0 heterocycles. The van der Waals surface area contributed by atoms with Gasteiger partial charge in [0.15, 0.2) is 0 Å². The van der Waals surface area contributed by atoms with Crippen LogP contribution in [0.5, 0.6) is 0 Å². The lowest BCUT2D eigenvalue weighted by Gasteiger charge is -2.22. The highest BCUT2D eigenvalue weighted by Gasteiger charge is 2.19. The molecule has 0 aliphatic carbocycles. The van der Waals surface area contributed by atoms with Crippen molar-refractivity contribution >= 4 is 5.91 Å². The second kappa shape index (κ2) is 40.6. The first-order valence-corrected chi connectivity index (χ1v) is 21.9. The molecule has 0 rings (SSSR count). The number of aliphatic hydroxyl groups excluding tert-OH is 2. The summed E-state index contributed by atoms with van der Waals surface area (Å²) in [4.78, 5) is 12.3. The number of amides is 1. The lowest BCUT2D eigenvalue weighted by atomic mass is 10.0. The highest BCUT2D eigenvalue weighted by atomic mass is 16.3. The number of aliphatic hydroxyl groups is 2. The summed E-state index contributed by atoms with van der Waals surface area (Å²) in [6.45, 7) is 4.33. The summed E-state index contributed by atoms with van der Waals surface area (Å²) in [5, 5.41) is 22.9. The number of hydrogen-bond donors (Lipinski definition) is 3. The van der Waals surface area contributed by atoms with E-state index in [9.17, 15) is 15.0 Å². The van der Waals surface area contributed by atoms with E-state index >= 15 is 0 Å². The second-order valence-corrected chi connectivity index (χ2v) is 15.1. The van der Waals surface area contributed by atoms with Crippen LogP contribution in [0.2, 0.25) is 0 Å². The van der Waals surface area contributed by atoms with E-state index in [2.05, 4.69) is 31.3 Å². The zero-order chi connectivity index (χ0) is 35.0. The third kappa shape index (κ3) is 36.4. The molecule has 0 bridgehead atoms. The summed E-state index contributed by atoms with van der Waals surface area (Å²) in [6, 6.07) is -0.528. The van der Waals surface area contributed by atoms with Gasteiger partial charge in [0, 0.05) is 6.42 Å². The fourth-order valence-corrected chi connectivity index (χ4v) is 6.89. The Hall–Kier alpha value is -0.870. The van der Waals surface area contributed by atoms with Gasteiger partial charge in [-0.05, 0) is 38.5 Å². The Bertz CT molecular complexity index is 651. The lowest BCUT2D eigenvalue weighted by Crippen LogP contribution is -2.45. The topological polar surface area (TPSA) is 69.6 Å². The molecule has 2 unspecified atom stereocenters. The van der Waals surface area contributed by atoms with E-state index in [1.165, 1.54) is 193 Å². The molecule has 0 radical (unpaired) electrons. The van der Waals surface area contributed by atoms with Crippen molar-refractivity contribution in [2.24, 2.45) is 0 Å². The van der Waals surface area contributed by atoms with Crippen LogP contribution in [0, 0.1) is 0 Å². The first-order valence-electron chi connectivity index (χ1n) is 21.9. The first-order chi connectivity index (χ1) is 23.7. The smallest absolute Gasteiger partial charge is 0.220 e. The Morgan fingerprint density at radius 2 is 0.792 bits per heavy atom. The molecular formula is C44H87NO3. The minimum atomic E-state index is -0.652. The number of carbonyl (C=O) groups is 1. The molecule has 0 saturated carbocycles. The maximum absolute atomic E-state index is 12.3. The molecule has 48 heavy (non-hydrogen) atoms. The molecule has 0 aliphatic rings. The van der Waals surface area contributed by atoms with Gasteiger partial charge in [-0.2, -0.15) is 0 Å². The van der Waals surface area contributed by atoms with Crippen molar-refractivity contribution in [1.82, 2.24) is 5.32 Å². The Balaban J connectivity index is 3.36. The Morgan fingerprint density at radius 3 is 1.15 bits per heavy atom. The number of allylic oxidation sites excluding steroid dienone is 2. The quantitative estimate of drug-likeness (QED) is 0.0446. The van der Waals surface area contributed by atoms with Crippen LogP contribution in [-0.4, -0.2) is 34.9 Å². The van der Waals surface area contributed by atoms with Crippen molar-refractivity contribution in [2.75, 3.05) is 6.61 Å². The Kier molecular flexibility index (Phi) is 39.8. The van der Waals surface area contributed by atoms with E-state index in [4.69, 9.17) is 0 Å². The summed E-state index contributed by atoms with van der Waals surface area (Å²) in [5.41, 5.74) is 0. The number of carbonyl (C=O) groups excluding carboxylic acids is 1. The Labute approximate surface area is 301 Å². The van der Waals surface area contributed by atoms with Gasteiger partial charge in [-0.3, -0.25) is 4.79 Å². The first kappa shape index (κ1) is 47.1. The normalized spacial score (nSPS) is 13.0. The van der Waals surface area contributed by atoms with Crippen molar-refractivity contribution in [3.05, 3.63) is 12.2 Å². The summed E-state index contributed by atoms with van der Waals surface area (Å²) in [6.07, 6.45) is 50.3. The molecule has 1 amide bonds. The number of rotatable bonds is 40. The molecular weight excluding hydrogens is 590 g/mol. The van der Waals surface area contributed by atoms with Gasteiger partial charge in [0.05, 0.1) is 18.8 Å². The van der Waals surface area contributed by atoms with Crippen molar-refractivity contribution in [3.8, 4) is 0 Å². The van der Waals surface area contributed by atoms with Gasteiger partial charge in [0.1, 0.15) is 0 Å². The lowest BCUT2D eigenvalue weighted by molar-refractivity contribution is -0.123. The monoisotopic (exact) mass is 678 g/mol. The van der Waals surface area contributed by atoms with E-state index in [1.54, 1.807) is 0 Å². The van der Waals surface area contributed by atoms with E-state index in [1.807, 2.05) is 0 Å². The maximum atomic E-state index is 12.3. The SMILES string of the molecule is CCCCCCCCCC/C=C\CCCCCCCCCCCCCCCCCCCC(=O)NC(CO)C(O)CCCCCCCCC. The fourth-order valence-electron chi connectivity index (χ4n) is 6.89. The van der Waals surface area contributed by atoms with Crippen LogP contribution < -0.4 is 5.32 Å². The van der Waals surface area contributed by atoms with Crippen LogP contribution in [0.1, 0.15) is 245 Å². The average Bonchev–Trinajstić information content (AvgIpc) is 3.09. The predicted molar refractivity (Wildman–Crippen MR) is 212 cm³/mol. The minimum Gasteiger partial charge on any atom is -0.394 e. The second-order valence-electron chi connectivity index (χ2n) is 15.1. The summed E-state index contributed by atoms with van der Waals surface area (Å²) in [5.74, 6) is -0.0321. The summed E-state index contributed by atoms with van der Waals surface area (Å²) >= 11 is 0. The van der Waals surface area contributed by atoms with Gasteiger partial charge in [0.25, 0.3) is 0 Å². The number of nitrogens with one attached hydrogen (secondary N) is 1.